The van der Waals surface area contributed by atoms with Gasteiger partial charge < -0.3 is 10.1 Å². The molecule has 1 amide bonds. The molecule has 2 rings (SSSR count). The van der Waals surface area contributed by atoms with Crippen molar-refractivity contribution in [2.45, 2.75) is 20.0 Å². The van der Waals surface area contributed by atoms with Crippen LogP contribution in [0.15, 0.2) is 60.2 Å². The standard InChI is InChI=1S/C20H18N2O3/c1-14(2)25-20(24)16-8-10-18(11-9-16)22-19(23)17(13-21)12-15-6-4-3-5-7-15/h3-12,14H,1-2H3,(H,22,23)/b17-12+. The fourth-order valence-corrected chi connectivity index (χ4v) is 2.03. The Labute approximate surface area is 146 Å². The number of benzene rings is 2. The van der Waals surface area contributed by atoms with Gasteiger partial charge in [0.15, 0.2) is 0 Å². The first-order valence-corrected chi connectivity index (χ1v) is 7.79. The van der Waals surface area contributed by atoms with E-state index in [1.807, 2.05) is 24.3 Å². The molecule has 25 heavy (non-hydrogen) atoms. The van der Waals surface area contributed by atoms with Crippen molar-refractivity contribution in [3.8, 4) is 6.07 Å². The van der Waals surface area contributed by atoms with Gasteiger partial charge in [-0.25, -0.2) is 4.79 Å². The predicted octanol–water partition coefficient (Wildman–Crippen LogP) is 3.80. The molecule has 0 radical (unpaired) electrons. The zero-order valence-corrected chi connectivity index (χ0v) is 14.0. The summed E-state index contributed by atoms with van der Waals surface area (Å²) in [6, 6.07) is 17.3. The molecule has 5 nitrogen and oxygen atoms in total. The number of nitrogens with one attached hydrogen (secondary N) is 1. The van der Waals surface area contributed by atoms with Crippen LogP contribution in [-0.2, 0) is 9.53 Å². The smallest absolute Gasteiger partial charge is 0.338 e. The van der Waals surface area contributed by atoms with Crippen molar-refractivity contribution in [3.05, 3.63) is 71.3 Å². The van der Waals surface area contributed by atoms with Crippen molar-refractivity contribution in [1.82, 2.24) is 0 Å². The van der Waals surface area contributed by atoms with Crippen molar-refractivity contribution in [2.24, 2.45) is 0 Å². The number of ether oxygens (including phenoxy) is 1. The minimum atomic E-state index is -0.510. The van der Waals surface area contributed by atoms with Gasteiger partial charge in [-0.1, -0.05) is 30.3 Å². The van der Waals surface area contributed by atoms with Crippen LogP contribution < -0.4 is 5.32 Å². The van der Waals surface area contributed by atoms with Crippen LogP contribution in [0.5, 0.6) is 0 Å². The van der Waals surface area contributed by atoms with E-state index in [9.17, 15) is 14.9 Å². The molecule has 1 N–H and O–H groups in total. The van der Waals surface area contributed by atoms with Crippen LogP contribution in [0.2, 0.25) is 0 Å². The van der Waals surface area contributed by atoms with Crippen LogP contribution in [0.4, 0.5) is 5.69 Å². The van der Waals surface area contributed by atoms with Gasteiger partial charge in [0.1, 0.15) is 11.6 Å². The van der Waals surface area contributed by atoms with Crippen LogP contribution in [0.1, 0.15) is 29.8 Å². The Morgan fingerprint density at radius 2 is 1.72 bits per heavy atom. The fraction of sp³-hybridized carbons (Fsp3) is 0.150. The number of carbonyl (C=O) groups excluding carboxylic acids is 2. The molecule has 0 aliphatic rings. The van der Waals surface area contributed by atoms with Gasteiger partial charge in [-0.3, -0.25) is 4.79 Å². The van der Waals surface area contributed by atoms with Gasteiger partial charge in [0.05, 0.1) is 11.7 Å². The molecule has 0 aliphatic heterocycles. The average Bonchev–Trinajstić information content (AvgIpc) is 2.60. The second kappa shape index (κ2) is 8.46. The van der Waals surface area contributed by atoms with Crippen molar-refractivity contribution in [3.63, 3.8) is 0 Å². The Balaban J connectivity index is 2.08. The number of rotatable bonds is 5. The van der Waals surface area contributed by atoms with E-state index in [-0.39, 0.29) is 11.7 Å². The molecule has 2 aromatic carbocycles. The molecule has 0 saturated carbocycles. The van der Waals surface area contributed by atoms with Gasteiger partial charge in [-0.15, -0.1) is 0 Å². The molecule has 126 valence electrons. The summed E-state index contributed by atoms with van der Waals surface area (Å²) in [5, 5.41) is 11.8. The Kier molecular flexibility index (Phi) is 6.08. The lowest BCUT2D eigenvalue weighted by molar-refractivity contribution is -0.112. The second-order valence-corrected chi connectivity index (χ2v) is 5.57. The van der Waals surface area contributed by atoms with Crippen molar-refractivity contribution in [2.75, 3.05) is 5.32 Å². The highest BCUT2D eigenvalue weighted by Gasteiger charge is 2.12. The maximum absolute atomic E-state index is 12.2. The third-order valence-corrected chi connectivity index (χ3v) is 3.20. The molecule has 0 aromatic heterocycles. The summed E-state index contributed by atoms with van der Waals surface area (Å²) in [6.45, 7) is 3.55. The van der Waals surface area contributed by atoms with Gasteiger partial charge in [-0.05, 0) is 49.8 Å². The average molecular weight is 334 g/mol. The fourth-order valence-electron chi connectivity index (χ4n) is 2.03. The summed E-state index contributed by atoms with van der Waals surface area (Å²) < 4.78 is 5.10. The molecule has 2 aromatic rings. The first-order valence-electron chi connectivity index (χ1n) is 7.79. The number of anilines is 1. The third kappa shape index (κ3) is 5.33. The number of esters is 1. The van der Waals surface area contributed by atoms with Crippen LogP contribution in [-0.4, -0.2) is 18.0 Å². The van der Waals surface area contributed by atoms with E-state index in [4.69, 9.17) is 4.74 Å². The topological polar surface area (TPSA) is 79.2 Å². The van der Waals surface area contributed by atoms with E-state index in [2.05, 4.69) is 5.32 Å². The highest BCUT2D eigenvalue weighted by Crippen LogP contribution is 2.14. The van der Waals surface area contributed by atoms with E-state index in [1.165, 1.54) is 6.08 Å². The SMILES string of the molecule is CC(C)OC(=O)c1ccc(NC(=O)/C(C#N)=C/c2ccccc2)cc1. The van der Waals surface area contributed by atoms with E-state index >= 15 is 0 Å². The quantitative estimate of drug-likeness (QED) is 0.512. The maximum atomic E-state index is 12.2. The minimum Gasteiger partial charge on any atom is -0.459 e. The number of hydrogen-bond acceptors (Lipinski definition) is 4. The maximum Gasteiger partial charge on any atom is 0.338 e. The molecule has 0 fully saturated rings. The number of nitrogens with zero attached hydrogens (tertiary/aromatic N) is 1. The molecular weight excluding hydrogens is 316 g/mol. The van der Waals surface area contributed by atoms with E-state index in [0.717, 1.165) is 5.56 Å². The third-order valence-electron chi connectivity index (χ3n) is 3.20. The summed E-state index contributed by atoms with van der Waals surface area (Å²) in [6.07, 6.45) is 1.32. The predicted molar refractivity (Wildman–Crippen MR) is 95.7 cm³/mol. The molecular formula is C20H18N2O3. The number of nitriles is 1. The van der Waals surface area contributed by atoms with Gasteiger partial charge in [0, 0.05) is 5.69 Å². The van der Waals surface area contributed by atoms with Crippen molar-refractivity contribution < 1.29 is 14.3 Å². The van der Waals surface area contributed by atoms with E-state index in [0.29, 0.717) is 11.3 Å². The Morgan fingerprint density at radius 3 is 2.28 bits per heavy atom. The molecule has 0 saturated heterocycles. The van der Waals surface area contributed by atoms with Gasteiger partial charge in [-0.2, -0.15) is 5.26 Å². The first kappa shape index (κ1) is 18.0. The number of carbonyl (C=O) groups is 2. The molecule has 0 bridgehead atoms. The monoisotopic (exact) mass is 334 g/mol. The Morgan fingerprint density at radius 1 is 1.08 bits per heavy atom. The molecule has 0 spiro atoms. The highest BCUT2D eigenvalue weighted by molar-refractivity contribution is 6.09. The van der Waals surface area contributed by atoms with Crippen LogP contribution in [0.25, 0.3) is 6.08 Å². The summed E-state index contributed by atoms with van der Waals surface area (Å²) >= 11 is 0. The summed E-state index contributed by atoms with van der Waals surface area (Å²) in [5.74, 6) is -0.932. The molecule has 0 aliphatic carbocycles. The summed E-state index contributed by atoms with van der Waals surface area (Å²) in [5.41, 5.74) is 1.64. The summed E-state index contributed by atoms with van der Waals surface area (Å²) in [7, 11) is 0. The van der Waals surface area contributed by atoms with Crippen molar-refractivity contribution in [1.29, 1.82) is 5.26 Å². The van der Waals surface area contributed by atoms with Gasteiger partial charge in [0.2, 0.25) is 0 Å². The lowest BCUT2D eigenvalue weighted by Crippen LogP contribution is -2.14. The van der Waals surface area contributed by atoms with Crippen molar-refractivity contribution >= 4 is 23.6 Å². The molecule has 5 heteroatoms. The molecule has 0 heterocycles. The van der Waals surface area contributed by atoms with E-state index in [1.54, 1.807) is 50.2 Å². The minimum absolute atomic E-state index is 0.00510. The van der Waals surface area contributed by atoms with Gasteiger partial charge in [0.25, 0.3) is 5.91 Å². The van der Waals surface area contributed by atoms with Gasteiger partial charge >= 0.3 is 5.97 Å². The lowest BCUT2D eigenvalue weighted by Gasteiger charge is -2.09. The van der Waals surface area contributed by atoms with Crippen LogP contribution in [0.3, 0.4) is 0 Å². The normalized spacial score (nSPS) is 10.9. The second-order valence-electron chi connectivity index (χ2n) is 5.57. The van der Waals surface area contributed by atoms with Crippen LogP contribution >= 0.6 is 0 Å². The Bertz CT molecular complexity index is 816. The van der Waals surface area contributed by atoms with Crippen LogP contribution in [0, 0.1) is 11.3 Å². The lowest BCUT2D eigenvalue weighted by atomic mass is 10.1. The first-order chi connectivity index (χ1) is 12.0. The number of amides is 1. The Hall–Kier alpha value is -3.39. The largest absolute Gasteiger partial charge is 0.459 e. The zero-order chi connectivity index (χ0) is 18.2. The zero-order valence-electron chi connectivity index (χ0n) is 14.0. The number of hydrogen-bond donors (Lipinski definition) is 1. The highest BCUT2D eigenvalue weighted by atomic mass is 16.5. The van der Waals surface area contributed by atoms with E-state index < -0.39 is 11.9 Å². The molecule has 0 atom stereocenters. The summed E-state index contributed by atoms with van der Waals surface area (Å²) in [4.78, 5) is 24.0. The molecule has 0 unspecified atom stereocenters.